The summed E-state index contributed by atoms with van der Waals surface area (Å²) in [4.78, 5) is 23.4. The van der Waals surface area contributed by atoms with E-state index in [-0.39, 0.29) is 11.3 Å². The summed E-state index contributed by atoms with van der Waals surface area (Å²) < 4.78 is 26.8. The Morgan fingerprint density at radius 2 is 2.06 bits per heavy atom. The van der Waals surface area contributed by atoms with Crippen molar-refractivity contribution in [3.05, 3.63) is 35.8 Å². The standard InChI is InChI=1S/C21H21FN6O4/c1-23-17-8-16(25-14-6-12(22)7-15-18(14)31-5-4-30-15)26-19-13(9-24-28(17)19)20(29)27-10-21(2-3-21)11-32-27/h6-9,23H,2-5,10-11H2,1H3,(H,25,26). The van der Waals surface area contributed by atoms with Crippen LogP contribution in [0.25, 0.3) is 5.65 Å². The van der Waals surface area contributed by atoms with Gasteiger partial charge in [-0.05, 0) is 12.8 Å². The average molecular weight is 440 g/mol. The number of aromatic nitrogens is 3. The topological polar surface area (TPSA) is 102 Å². The van der Waals surface area contributed by atoms with Gasteiger partial charge >= 0.3 is 0 Å². The minimum absolute atomic E-state index is 0.119. The third kappa shape index (κ3) is 3.08. The average Bonchev–Trinajstić information content (AvgIpc) is 3.22. The summed E-state index contributed by atoms with van der Waals surface area (Å²) in [7, 11) is 1.74. The Hall–Kier alpha value is -3.60. The molecule has 3 aromatic rings. The van der Waals surface area contributed by atoms with Crippen LogP contribution in [-0.2, 0) is 4.84 Å². The number of ether oxygens (including phenoxy) is 2. The van der Waals surface area contributed by atoms with Gasteiger partial charge in [-0.15, -0.1) is 0 Å². The second-order valence-corrected chi connectivity index (χ2v) is 8.29. The molecule has 3 aliphatic rings. The molecule has 1 amide bonds. The van der Waals surface area contributed by atoms with Crippen molar-refractivity contribution in [1.29, 1.82) is 0 Å². The highest BCUT2D eigenvalue weighted by molar-refractivity contribution is 5.99. The lowest BCUT2D eigenvalue weighted by Gasteiger charge is -2.21. The van der Waals surface area contributed by atoms with Crippen LogP contribution in [0.4, 0.5) is 21.7 Å². The van der Waals surface area contributed by atoms with Gasteiger partial charge in [0.15, 0.2) is 17.1 Å². The molecule has 10 nitrogen and oxygen atoms in total. The number of halogens is 1. The molecular weight excluding hydrogens is 419 g/mol. The first kappa shape index (κ1) is 19.1. The Morgan fingerprint density at radius 1 is 1.22 bits per heavy atom. The maximum atomic E-state index is 14.1. The van der Waals surface area contributed by atoms with E-state index < -0.39 is 5.82 Å². The number of carbonyl (C=O) groups excluding carboxylic acids is 1. The van der Waals surface area contributed by atoms with Crippen LogP contribution >= 0.6 is 0 Å². The number of nitrogens with zero attached hydrogens (tertiary/aromatic N) is 4. The lowest BCUT2D eigenvalue weighted by molar-refractivity contribution is -0.0773. The molecule has 0 radical (unpaired) electrons. The van der Waals surface area contributed by atoms with Gasteiger partial charge in [-0.2, -0.15) is 9.61 Å². The summed E-state index contributed by atoms with van der Waals surface area (Å²) in [6.07, 6.45) is 3.63. The fraction of sp³-hybridized carbons (Fsp3) is 0.381. The van der Waals surface area contributed by atoms with Gasteiger partial charge in [-0.25, -0.2) is 14.4 Å². The highest BCUT2D eigenvalue weighted by Crippen LogP contribution is 2.50. The Bertz CT molecular complexity index is 1240. The van der Waals surface area contributed by atoms with Gasteiger partial charge in [0, 0.05) is 30.7 Å². The van der Waals surface area contributed by atoms with Gasteiger partial charge in [-0.1, -0.05) is 0 Å². The number of amides is 1. The predicted octanol–water partition coefficient (Wildman–Crippen LogP) is 2.59. The molecule has 0 bridgehead atoms. The molecule has 0 atom stereocenters. The second kappa shape index (κ2) is 6.95. The zero-order valence-corrected chi connectivity index (χ0v) is 17.4. The lowest BCUT2D eigenvalue weighted by atomic mass is 10.1. The van der Waals surface area contributed by atoms with Crippen molar-refractivity contribution >= 4 is 28.9 Å². The maximum absolute atomic E-state index is 14.1. The molecular formula is C21H21FN6O4. The fourth-order valence-corrected chi connectivity index (χ4v) is 4.06. The molecule has 2 aromatic heterocycles. The van der Waals surface area contributed by atoms with Crippen molar-refractivity contribution in [2.45, 2.75) is 12.8 Å². The van der Waals surface area contributed by atoms with Gasteiger partial charge in [0.25, 0.3) is 5.91 Å². The first-order valence-corrected chi connectivity index (χ1v) is 10.4. The fourth-order valence-electron chi connectivity index (χ4n) is 4.06. The first-order valence-electron chi connectivity index (χ1n) is 10.4. The normalized spacial score (nSPS) is 18.2. The highest BCUT2D eigenvalue weighted by Gasteiger charge is 2.51. The van der Waals surface area contributed by atoms with Crippen LogP contribution in [0.2, 0.25) is 0 Å². The molecule has 2 N–H and O–H groups in total. The molecule has 166 valence electrons. The van der Waals surface area contributed by atoms with Gasteiger partial charge in [0.05, 0.1) is 25.0 Å². The third-order valence-corrected chi connectivity index (χ3v) is 6.02. The lowest BCUT2D eigenvalue weighted by Crippen LogP contribution is -2.27. The summed E-state index contributed by atoms with van der Waals surface area (Å²) >= 11 is 0. The summed E-state index contributed by atoms with van der Waals surface area (Å²) in [6, 6.07) is 4.31. The SMILES string of the molecule is CNc1cc(Nc2cc(F)cc3c2OCCO3)nc2c(C(=O)N3CC4(CC4)CO3)cnn12. The molecule has 1 saturated carbocycles. The summed E-state index contributed by atoms with van der Waals surface area (Å²) in [5.41, 5.74) is 1.17. The van der Waals surface area contributed by atoms with E-state index in [9.17, 15) is 9.18 Å². The van der Waals surface area contributed by atoms with E-state index in [4.69, 9.17) is 14.3 Å². The molecule has 2 aliphatic heterocycles. The number of hydroxylamine groups is 2. The second-order valence-electron chi connectivity index (χ2n) is 8.29. The first-order chi connectivity index (χ1) is 15.5. The summed E-state index contributed by atoms with van der Waals surface area (Å²) in [5.74, 6) is 0.978. The number of carbonyl (C=O) groups is 1. The Morgan fingerprint density at radius 3 is 2.84 bits per heavy atom. The van der Waals surface area contributed by atoms with Gasteiger partial charge < -0.3 is 20.1 Å². The molecule has 6 rings (SSSR count). The van der Waals surface area contributed by atoms with Crippen molar-refractivity contribution in [3.8, 4) is 11.5 Å². The molecule has 1 aromatic carbocycles. The number of anilines is 3. The summed E-state index contributed by atoms with van der Waals surface area (Å²) in [6.45, 7) is 1.85. The minimum atomic E-state index is -0.466. The molecule has 1 spiro atoms. The third-order valence-electron chi connectivity index (χ3n) is 6.02. The van der Waals surface area contributed by atoms with Gasteiger partial charge in [-0.3, -0.25) is 9.63 Å². The van der Waals surface area contributed by atoms with Crippen LogP contribution in [-0.4, -0.2) is 59.0 Å². The number of fused-ring (bicyclic) bond motifs is 2. The predicted molar refractivity (Wildman–Crippen MR) is 112 cm³/mol. The van der Waals surface area contributed by atoms with E-state index in [1.54, 1.807) is 17.6 Å². The number of nitrogens with one attached hydrogen (secondary N) is 2. The molecule has 4 heterocycles. The van der Waals surface area contributed by atoms with E-state index in [0.717, 1.165) is 12.8 Å². The van der Waals surface area contributed by atoms with Crippen molar-refractivity contribution < 1.29 is 23.5 Å². The highest BCUT2D eigenvalue weighted by atomic mass is 19.1. The number of rotatable bonds is 4. The van der Waals surface area contributed by atoms with Crippen LogP contribution in [0, 0.1) is 11.2 Å². The van der Waals surface area contributed by atoms with Crippen LogP contribution in [0.5, 0.6) is 11.5 Å². The quantitative estimate of drug-likeness (QED) is 0.638. The Kier molecular flexibility index (Phi) is 4.15. The van der Waals surface area contributed by atoms with Gasteiger partial charge in [0.2, 0.25) is 0 Å². The van der Waals surface area contributed by atoms with E-state index in [1.165, 1.54) is 23.4 Å². The van der Waals surface area contributed by atoms with Crippen molar-refractivity contribution in [2.75, 3.05) is 44.0 Å². The van der Waals surface area contributed by atoms with Crippen molar-refractivity contribution in [1.82, 2.24) is 19.7 Å². The Labute approximate surface area is 182 Å². The smallest absolute Gasteiger partial charge is 0.282 e. The molecule has 2 fully saturated rings. The molecule has 1 saturated heterocycles. The molecule has 0 unspecified atom stereocenters. The number of hydrogen-bond donors (Lipinski definition) is 2. The van der Waals surface area contributed by atoms with E-state index in [1.807, 2.05) is 0 Å². The zero-order chi connectivity index (χ0) is 21.9. The maximum Gasteiger partial charge on any atom is 0.282 e. The van der Waals surface area contributed by atoms with Crippen molar-refractivity contribution in [2.24, 2.45) is 5.41 Å². The van der Waals surface area contributed by atoms with Crippen molar-refractivity contribution in [3.63, 3.8) is 0 Å². The van der Waals surface area contributed by atoms with E-state index >= 15 is 0 Å². The number of hydrogen-bond acceptors (Lipinski definition) is 8. The Balaban J connectivity index is 1.38. The minimum Gasteiger partial charge on any atom is -0.486 e. The van der Waals surface area contributed by atoms with Crippen LogP contribution < -0.4 is 20.1 Å². The van der Waals surface area contributed by atoms with E-state index in [2.05, 4.69) is 20.7 Å². The largest absolute Gasteiger partial charge is 0.486 e. The molecule has 32 heavy (non-hydrogen) atoms. The van der Waals surface area contributed by atoms with Crippen LogP contribution in [0.1, 0.15) is 23.2 Å². The molecule has 1 aliphatic carbocycles. The van der Waals surface area contributed by atoms with Crippen LogP contribution in [0.3, 0.4) is 0 Å². The van der Waals surface area contributed by atoms with Crippen LogP contribution in [0.15, 0.2) is 24.4 Å². The zero-order valence-electron chi connectivity index (χ0n) is 17.4. The van der Waals surface area contributed by atoms with Gasteiger partial charge in [0.1, 0.15) is 36.2 Å². The number of benzene rings is 1. The van der Waals surface area contributed by atoms with E-state index in [0.29, 0.717) is 66.4 Å². The summed E-state index contributed by atoms with van der Waals surface area (Å²) in [5, 5.41) is 11.9. The monoisotopic (exact) mass is 440 g/mol. The molecule has 11 heteroatoms.